The Morgan fingerprint density at radius 1 is 1.50 bits per heavy atom. The largest absolute Gasteiger partial charge is 0.394 e. The molecule has 0 radical (unpaired) electrons. The van der Waals surface area contributed by atoms with Crippen LogP contribution in [0.15, 0.2) is 24.5 Å². The molecule has 2 N–H and O–H groups in total. The third-order valence-corrected chi connectivity index (χ3v) is 1.70. The predicted molar refractivity (Wildman–Crippen MR) is 45.7 cm³/mol. The van der Waals surface area contributed by atoms with Gasteiger partial charge in [-0.25, -0.2) is 0 Å². The molecule has 0 aromatic carbocycles. The van der Waals surface area contributed by atoms with Crippen molar-refractivity contribution in [3.8, 4) is 0 Å². The second-order valence-electron chi connectivity index (χ2n) is 2.74. The average molecular weight is 167 g/mol. The van der Waals surface area contributed by atoms with Crippen molar-refractivity contribution in [3.63, 3.8) is 0 Å². The Kier molecular flexibility index (Phi) is 3.70. The van der Waals surface area contributed by atoms with Gasteiger partial charge in [0.2, 0.25) is 0 Å². The van der Waals surface area contributed by atoms with Gasteiger partial charge in [0, 0.05) is 12.4 Å². The molecule has 1 rings (SSSR count). The minimum Gasteiger partial charge on any atom is -0.394 e. The molecule has 66 valence electrons. The van der Waals surface area contributed by atoms with Gasteiger partial charge in [-0.1, -0.05) is 6.07 Å². The van der Waals surface area contributed by atoms with E-state index in [0.717, 1.165) is 12.0 Å². The van der Waals surface area contributed by atoms with Crippen molar-refractivity contribution >= 4 is 0 Å². The summed E-state index contributed by atoms with van der Waals surface area (Å²) in [5.41, 5.74) is 1.09. The van der Waals surface area contributed by atoms with Crippen LogP contribution >= 0.6 is 0 Å². The number of aromatic nitrogens is 1. The fraction of sp³-hybridized carbons (Fsp3) is 0.444. The molecule has 3 nitrogen and oxygen atoms in total. The monoisotopic (exact) mass is 167 g/mol. The number of aliphatic hydroxyl groups excluding tert-OH is 2. The van der Waals surface area contributed by atoms with E-state index in [0.29, 0.717) is 6.42 Å². The highest BCUT2D eigenvalue weighted by Gasteiger charge is 2.01. The molecule has 1 aromatic heterocycles. The van der Waals surface area contributed by atoms with Crippen LogP contribution in [0, 0.1) is 0 Å². The molecule has 0 bridgehead atoms. The third-order valence-electron chi connectivity index (χ3n) is 1.70. The lowest BCUT2D eigenvalue weighted by molar-refractivity contribution is 0.0885. The van der Waals surface area contributed by atoms with Gasteiger partial charge in [0.15, 0.2) is 0 Å². The van der Waals surface area contributed by atoms with Gasteiger partial charge in [-0.15, -0.1) is 0 Å². The molecule has 0 saturated carbocycles. The van der Waals surface area contributed by atoms with Gasteiger partial charge in [0.05, 0.1) is 12.7 Å². The van der Waals surface area contributed by atoms with Crippen molar-refractivity contribution in [3.05, 3.63) is 30.1 Å². The van der Waals surface area contributed by atoms with Gasteiger partial charge in [-0.2, -0.15) is 0 Å². The summed E-state index contributed by atoms with van der Waals surface area (Å²) in [5, 5.41) is 17.6. The Bertz CT molecular complexity index is 213. The van der Waals surface area contributed by atoms with Crippen LogP contribution in [0.1, 0.15) is 12.0 Å². The lowest BCUT2D eigenvalue weighted by atomic mass is 10.1. The molecule has 1 heterocycles. The van der Waals surface area contributed by atoms with Crippen LogP contribution in [0.25, 0.3) is 0 Å². The molecule has 0 saturated heterocycles. The summed E-state index contributed by atoms with van der Waals surface area (Å²) in [6, 6.07) is 3.82. The molecule has 1 atom stereocenters. The van der Waals surface area contributed by atoms with E-state index in [2.05, 4.69) is 4.98 Å². The van der Waals surface area contributed by atoms with Crippen molar-refractivity contribution in [2.24, 2.45) is 0 Å². The highest BCUT2D eigenvalue weighted by atomic mass is 16.3. The fourth-order valence-corrected chi connectivity index (χ4v) is 0.971. The second kappa shape index (κ2) is 4.85. The molecule has 12 heavy (non-hydrogen) atoms. The lowest BCUT2D eigenvalue weighted by Gasteiger charge is -2.05. The number of pyridine rings is 1. The Hall–Kier alpha value is -0.930. The molecule has 0 aliphatic carbocycles. The second-order valence-corrected chi connectivity index (χ2v) is 2.74. The first-order valence-electron chi connectivity index (χ1n) is 4.00. The zero-order valence-corrected chi connectivity index (χ0v) is 6.85. The number of nitrogens with zero attached hydrogens (tertiary/aromatic N) is 1. The highest BCUT2D eigenvalue weighted by Crippen LogP contribution is 2.02. The summed E-state index contributed by atoms with van der Waals surface area (Å²) in [5.74, 6) is 0. The van der Waals surface area contributed by atoms with Crippen LogP contribution in [-0.2, 0) is 6.42 Å². The zero-order chi connectivity index (χ0) is 8.81. The molecule has 0 aliphatic rings. The molecule has 0 fully saturated rings. The van der Waals surface area contributed by atoms with E-state index >= 15 is 0 Å². The number of rotatable bonds is 4. The van der Waals surface area contributed by atoms with E-state index < -0.39 is 6.10 Å². The number of hydrogen-bond donors (Lipinski definition) is 2. The zero-order valence-electron chi connectivity index (χ0n) is 6.85. The summed E-state index contributed by atoms with van der Waals surface area (Å²) in [6.07, 6.45) is 4.22. The van der Waals surface area contributed by atoms with Crippen LogP contribution in [0.3, 0.4) is 0 Å². The summed E-state index contributed by atoms with van der Waals surface area (Å²) in [4.78, 5) is 3.94. The first-order valence-corrected chi connectivity index (χ1v) is 4.00. The van der Waals surface area contributed by atoms with Crippen molar-refractivity contribution < 1.29 is 10.2 Å². The standard InChI is InChI=1S/C9H13NO2/c11-7-9(12)4-3-8-2-1-5-10-6-8/h1-2,5-6,9,11-12H,3-4,7H2/t9-/m0/s1. The normalized spacial score (nSPS) is 12.8. The van der Waals surface area contributed by atoms with E-state index in [1.54, 1.807) is 12.4 Å². The van der Waals surface area contributed by atoms with Gasteiger partial charge in [0.1, 0.15) is 0 Å². The maximum atomic E-state index is 9.05. The number of aliphatic hydroxyl groups is 2. The van der Waals surface area contributed by atoms with Gasteiger partial charge < -0.3 is 10.2 Å². The minimum absolute atomic E-state index is 0.166. The molecular formula is C9H13NO2. The maximum absolute atomic E-state index is 9.05. The van der Waals surface area contributed by atoms with Crippen LogP contribution in [-0.4, -0.2) is 27.9 Å². The van der Waals surface area contributed by atoms with Gasteiger partial charge in [0.25, 0.3) is 0 Å². The van der Waals surface area contributed by atoms with E-state index in [-0.39, 0.29) is 6.61 Å². The fourth-order valence-electron chi connectivity index (χ4n) is 0.971. The summed E-state index contributed by atoms with van der Waals surface area (Å²) in [7, 11) is 0. The summed E-state index contributed by atoms with van der Waals surface area (Å²) in [6.45, 7) is -0.166. The predicted octanol–water partition coefficient (Wildman–Crippen LogP) is 0.367. The van der Waals surface area contributed by atoms with E-state index in [1.165, 1.54) is 0 Å². The maximum Gasteiger partial charge on any atom is 0.0774 e. The van der Waals surface area contributed by atoms with Crippen molar-refractivity contribution in [2.45, 2.75) is 18.9 Å². The molecule has 0 aliphatic heterocycles. The van der Waals surface area contributed by atoms with Crippen LogP contribution in [0.4, 0.5) is 0 Å². The quantitative estimate of drug-likeness (QED) is 0.681. The van der Waals surface area contributed by atoms with Gasteiger partial charge in [-0.05, 0) is 24.5 Å². The van der Waals surface area contributed by atoms with Gasteiger partial charge >= 0.3 is 0 Å². The molecule has 0 spiro atoms. The Labute approximate surface area is 71.7 Å². The van der Waals surface area contributed by atoms with E-state index in [9.17, 15) is 0 Å². The Morgan fingerprint density at radius 2 is 2.33 bits per heavy atom. The van der Waals surface area contributed by atoms with Gasteiger partial charge in [-0.3, -0.25) is 4.98 Å². The minimum atomic E-state index is -0.606. The third kappa shape index (κ3) is 2.98. The molecular weight excluding hydrogens is 154 g/mol. The van der Waals surface area contributed by atoms with Crippen molar-refractivity contribution in [1.29, 1.82) is 0 Å². The first kappa shape index (κ1) is 9.16. The SMILES string of the molecule is OC[C@@H](O)CCc1cccnc1. The first-order chi connectivity index (χ1) is 5.83. The lowest BCUT2D eigenvalue weighted by Crippen LogP contribution is -2.12. The molecule has 0 amide bonds. The van der Waals surface area contributed by atoms with E-state index in [4.69, 9.17) is 10.2 Å². The molecule has 0 unspecified atom stereocenters. The van der Waals surface area contributed by atoms with E-state index in [1.807, 2.05) is 12.1 Å². The van der Waals surface area contributed by atoms with Crippen molar-refractivity contribution in [2.75, 3.05) is 6.61 Å². The topological polar surface area (TPSA) is 53.4 Å². The highest BCUT2D eigenvalue weighted by molar-refractivity contribution is 5.08. The van der Waals surface area contributed by atoms with Crippen LogP contribution < -0.4 is 0 Å². The van der Waals surface area contributed by atoms with Crippen LogP contribution in [0.2, 0.25) is 0 Å². The smallest absolute Gasteiger partial charge is 0.0774 e. The summed E-state index contributed by atoms with van der Waals surface area (Å²) < 4.78 is 0. The molecule has 3 heteroatoms. The van der Waals surface area contributed by atoms with Crippen molar-refractivity contribution in [1.82, 2.24) is 4.98 Å². The average Bonchev–Trinajstić information content (AvgIpc) is 2.16. The molecule has 1 aromatic rings. The summed E-state index contributed by atoms with van der Waals surface area (Å²) >= 11 is 0. The Morgan fingerprint density at radius 3 is 2.92 bits per heavy atom. The Balaban J connectivity index is 2.33. The van der Waals surface area contributed by atoms with Crippen LogP contribution in [0.5, 0.6) is 0 Å². The number of aryl methyl sites for hydroxylation is 1. The number of hydrogen-bond acceptors (Lipinski definition) is 3.